The standard InChI is InChI=1S/C6H16NS/c1-5-7(3,4)8-6-2/h5-6H2,1-4H3/q+1. The van der Waals surface area contributed by atoms with Crippen molar-refractivity contribution < 1.29 is 3.89 Å². The highest BCUT2D eigenvalue weighted by Gasteiger charge is 2.10. The third-order valence-corrected chi connectivity index (χ3v) is 2.46. The third-order valence-electron chi connectivity index (χ3n) is 1.24. The lowest BCUT2D eigenvalue weighted by molar-refractivity contribution is -0.748. The van der Waals surface area contributed by atoms with Crippen molar-refractivity contribution in [3.05, 3.63) is 0 Å². The van der Waals surface area contributed by atoms with Crippen LogP contribution in [0.15, 0.2) is 0 Å². The number of hydrogen-bond acceptors (Lipinski definition) is 1. The van der Waals surface area contributed by atoms with Gasteiger partial charge in [-0.05, 0) is 6.92 Å². The van der Waals surface area contributed by atoms with E-state index in [-0.39, 0.29) is 0 Å². The van der Waals surface area contributed by atoms with Gasteiger partial charge in [-0.2, -0.15) is 0 Å². The predicted octanol–water partition coefficient (Wildman–Crippen LogP) is 1.75. The van der Waals surface area contributed by atoms with Crippen molar-refractivity contribution in [1.82, 2.24) is 0 Å². The molecule has 1 nitrogen and oxygen atoms in total. The van der Waals surface area contributed by atoms with Gasteiger partial charge in [0.05, 0.1) is 32.6 Å². The van der Waals surface area contributed by atoms with Crippen molar-refractivity contribution >= 4 is 11.9 Å². The fraction of sp³-hybridized carbons (Fsp3) is 1.00. The van der Waals surface area contributed by atoms with Crippen LogP contribution in [-0.2, 0) is 0 Å². The molecule has 2 heteroatoms. The molecule has 0 aromatic rings. The molecule has 0 bridgehead atoms. The van der Waals surface area contributed by atoms with Crippen LogP contribution >= 0.6 is 11.9 Å². The van der Waals surface area contributed by atoms with E-state index in [0.717, 1.165) is 3.89 Å². The molecular weight excluding hydrogens is 118 g/mol. The molecule has 0 aromatic carbocycles. The van der Waals surface area contributed by atoms with E-state index < -0.39 is 0 Å². The van der Waals surface area contributed by atoms with Gasteiger partial charge in [-0.1, -0.05) is 6.92 Å². The normalized spacial score (nSPS) is 12.0. The highest BCUT2D eigenvalue weighted by Crippen LogP contribution is 2.13. The summed E-state index contributed by atoms with van der Waals surface area (Å²) in [6.07, 6.45) is 0. The molecular formula is C6H16NS+. The Balaban J connectivity index is 3.37. The van der Waals surface area contributed by atoms with Gasteiger partial charge in [0, 0.05) is 5.75 Å². The Bertz CT molecular complexity index is 61.5. The topological polar surface area (TPSA) is 0 Å². The Hall–Kier alpha value is 0.310. The molecule has 0 aliphatic rings. The second-order valence-corrected chi connectivity index (χ2v) is 4.13. The van der Waals surface area contributed by atoms with E-state index in [4.69, 9.17) is 0 Å². The minimum Gasteiger partial charge on any atom is -0.267 e. The van der Waals surface area contributed by atoms with Crippen molar-refractivity contribution in [2.45, 2.75) is 13.8 Å². The number of nitrogens with zero attached hydrogens (tertiary/aromatic N) is 1. The Morgan fingerprint density at radius 2 is 1.75 bits per heavy atom. The quantitative estimate of drug-likeness (QED) is 0.418. The summed E-state index contributed by atoms with van der Waals surface area (Å²) in [5, 5.41) is 0. The summed E-state index contributed by atoms with van der Waals surface area (Å²) >= 11 is 1.97. The molecule has 8 heavy (non-hydrogen) atoms. The number of quaternary nitrogens is 1. The first-order valence-electron chi connectivity index (χ1n) is 3.10. The first-order valence-corrected chi connectivity index (χ1v) is 4.04. The molecule has 0 fully saturated rings. The lowest BCUT2D eigenvalue weighted by Crippen LogP contribution is -2.30. The Kier molecular flexibility index (Phi) is 3.49. The van der Waals surface area contributed by atoms with E-state index in [1.807, 2.05) is 11.9 Å². The smallest absolute Gasteiger partial charge is 0.0859 e. The minimum atomic E-state index is 1.08. The van der Waals surface area contributed by atoms with Crippen LogP contribution in [0.5, 0.6) is 0 Å². The highest BCUT2D eigenvalue weighted by molar-refractivity contribution is 7.93. The molecule has 0 saturated carbocycles. The van der Waals surface area contributed by atoms with Gasteiger partial charge in [0.1, 0.15) is 0 Å². The van der Waals surface area contributed by atoms with Crippen LogP contribution < -0.4 is 0 Å². The van der Waals surface area contributed by atoms with Crippen LogP contribution in [-0.4, -0.2) is 30.3 Å². The van der Waals surface area contributed by atoms with E-state index in [0.29, 0.717) is 0 Å². The van der Waals surface area contributed by atoms with E-state index in [1.165, 1.54) is 12.3 Å². The third kappa shape index (κ3) is 3.33. The summed E-state index contributed by atoms with van der Waals surface area (Å²) in [5.74, 6) is 1.21. The average molecular weight is 134 g/mol. The zero-order chi connectivity index (χ0) is 6.62. The summed E-state index contributed by atoms with van der Waals surface area (Å²) in [6, 6.07) is 0. The molecule has 0 aliphatic heterocycles. The monoisotopic (exact) mass is 134 g/mol. The lowest BCUT2D eigenvalue weighted by Gasteiger charge is -2.23. The van der Waals surface area contributed by atoms with Gasteiger partial charge in [0.15, 0.2) is 0 Å². The summed E-state index contributed by atoms with van der Waals surface area (Å²) in [5.41, 5.74) is 0. The molecule has 50 valence electrons. The van der Waals surface area contributed by atoms with Gasteiger partial charge < -0.3 is 0 Å². The Labute approximate surface area is 56.8 Å². The van der Waals surface area contributed by atoms with Gasteiger partial charge in [0.2, 0.25) is 0 Å². The fourth-order valence-corrected chi connectivity index (χ4v) is 1.32. The number of rotatable bonds is 3. The van der Waals surface area contributed by atoms with Crippen LogP contribution in [0, 0.1) is 0 Å². The Morgan fingerprint density at radius 1 is 1.25 bits per heavy atom. The van der Waals surface area contributed by atoms with Crippen LogP contribution in [0.25, 0.3) is 0 Å². The van der Waals surface area contributed by atoms with Crippen LogP contribution in [0.2, 0.25) is 0 Å². The SMILES string of the molecule is CCS[N+](C)(C)CC. The number of hydrogen-bond donors (Lipinski definition) is 0. The molecule has 0 unspecified atom stereocenters. The molecule has 0 atom stereocenters. The first-order chi connectivity index (χ1) is 3.62. The lowest BCUT2D eigenvalue weighted by atomic mass is 10.7. The molecule has 0 saturated heterocycles. The van der Waals surface area contributed by atoms with Crippen LogP contribution in [0.1, 0.15) is 13.8 Å². The molecule has 0 aromatic heterocycles. The fourth-order valence-electron chi connectivity index (χ4n) is 0.441. The van der Waals surface area contributed by atoms with E-state index >= 15 is 0 Å². The second-order valence-electron chi connectivity index (χ2n) is 2.31. The van der Waals surface area contributed by atoms with Crippen molar-refractivity contribution in [2.75, 3.05) is 26.4 Å². The minimum absolute atomic E-state index is 1.08. The van der Waals surface area contributed by atoms with Gasteiger partial charge >= 0.3 is 0 Å². The molecule has 0 aliphatic carbocycles. The van der Waals surface area contributed by atoms with Crippen LogP contribution in [0.3, 0.4) is 0 Å². The largest absolute Gasteiger partial charge is 0.267 e. The molecule has 0 heterocycles. The summed E-state index contributed by atoms with van der Waals surface area (Å²) < 4.78 is 1.08. The molecule has 0 radical (unpaired) electrons. The highest BCUT2D eigenvalue weighted by atomic mass is 32.2. The maximum atomic E-state index is 2.23. The maximum Gasteiger partial charge on any atom is 0.0859 e. The van der Waals surface area contributed by atoms with Crippen LogP contribution in [0.4, 0.5) is 0 Å². The summed E-state index contributed by atoms with van der Waals surface area (Å²) in [7, 11) is 4.46. The van der Waals surface area contributed by atoms with Gasteiger partial charge in [0.25, 0.3) is 0 Å². The maximum absolute atomic E-state index is 2.23. The Morgan fingerprint density at radius 3 is 1.88 bits per heavy atom. The van der Waals surface area contributed by atoms with E-state index in [2.05, 4.69) is 27.9 Å². The van der Waals surface area contributed by atoms with Gasteiger partial charge in [-0.15, -0.1) is 0 Å². The zero-order valence-corrected chi connectivity index (χ0v) is 7.09. The van der Waals surface area contributed by atoms with E-state index in [1.54, 1.807) is 0 Å². The van der Waals surface area contributed by atoms with Crippen molar-refractivity contribution in [1.29, 1.82) is 0 Å². The van der Waals surface area contributed by atoms with Gasteiger partial charge in [-0.25, -0.2) is 0 Å². The molecule has 0 spiro atoms. The molecule has 0 amide bonds. The zero-order valence-electron chi connectivity index (χ0n) is 6.27. The predicted molar refractivity (Wildman–Crippen MR) is 40.8 cm³/mol. The first kappa shape index (κ1) is 8.31. The summed E-state index contributed by atoms with van der Waals surface area (Å²) in [6.45, 7) is 5.61. The molecule has 0 rings (SSSR count). The van der Waals surface area contributed by atoms with Crippen molar-refractivity contribution in [3.8, 4) is 0 Å². The molecule has 0 N–H and O–H groups in total. The van der Waals surface area contributed by atoms with E-state index in [9.17, 15) is 0 Å². The summed E-state index contributed by atoms with van der Waals surface area (Å²) in [4.78, 5) is 0. The van der Waals surface area contributed by atoms with Crippen molar-refractivity contribution in [2.24, 2.45) is 0 Å². The van der Waals surface area contributed by atoms with Crippen molar-refractivity contribution in [3.63, 3.8) is 0 Å². The second kappa shape index (κ2) is 3.36. The van der Waals surface area contributed by atoms with Gasteiger partial charge in [-0.3, -0.25) is 3.89 Å². The average Bonchev–Trinajstić information content (AvgIpc) is 1.67.